The molecule has 0 amide bonds. The van der Waals surface area contributed by atoms with Gasteiger partial charge in [0.1, 0.15) is 5.84 Å². The summed E-state index contributed by atoms with van der Waals surface area (Å²) in [5.74, 6) is 0.887. The van der Waals surface area contributed by atoms with Gasteiger partial charge in [0.25, 0.3) is 0 Å². The van der Waals surface area contributed by atoms with Gasteiger partial charge < -0.3 is 10.0 Å². The molecule has 0 bridgehead atoms. The number of aliphatic imine (C=N–C) groups is 1. The van der Waals surface area contributed by atoms with E-state index in [1.54, 1.807) is 0 Å². The molecule has 1 N–H and O–H groups in total. The average Bonchev–Trinajstić information content (AvgIpc) is 3.04. The largest absolute Gasteiger partial charge is 0.363 e. The third kappa shape index (κ3) is 1.89. The molecule has 1 atom stereocenters. The fourth-order valence-corrected chi connectivity index (χ4v) is 3.24. The first kappa shape index (κ1) is 14.4. The number of fused-ring (bicyclic) bond motifs is 3. The highest BCUT2D eigenvalue weighted by Crippen LogP contribution is 2.43. The molecule has 2 aliphatic rings. The van der Waals surface area contributed by atoms with Gasteiger partial charge in [0.05, 0.1) is 6.54 Å². The SMILES string of the molecule is Cl.O[C@@]1(c2ccc(Cl)cc2)c2ccccc2C2=NCCN21. The van der Waals surface area contributed by atoms with Crippen molar-refractivity contribution < 1.29 is 5.11 Å². The molecule has 2 aliphatic heterocycles. The Kier molecular flexibility index (Phi) is 3.44. The van der Waals surface area contributed by atoms with Crippen molar-refractivity contribution in [2.45, 2.75) is 5.72 Å². The van der Waals surface area contributed by atoms with Gasteiger partial charge in [-0.25, -0.2) is 0 Å². The maximum absolute atomic E-state index is 11.4. The summed E-state index contributed by atoms with van der Waals surface area (Å²) in [6.07, 6.45) is 0. The highest BCUT2D eigenvalue weighted by Gasteiger charge is 2.49. The van der Waals surface area contributed by atoms with Crippen molar-refractivity contribution in [2.75, 3.05) is 13.1 Å². The van der Waals surface area contributed by atoms with E-state index in [0.717, 1.165) is 35.6 Å². The first-order chi connectivity index (χ1) is 9.71. The second kappa shape index (κ2) is 5.02. The molecule has 0 spiro atoms. The Morgan fingerprint density at radius 1 is 1.10 bits per heavy atom. The van der Waals surface area contributed by atoms with Crippen molar-refractivity contribution in [1.82, 2.24) is 4.90 Å². The van der Waals surface area contributed by atoms with Gasteiger partial charge in [-0.05, 0) is 12.1 Å². The molecule has 0 unspecified atom stereocenters. The lowest BCUT2D eigenvalue weighted by molar-refractivity contribution is -0.0242. The molecule has 4 rings (SSSR count). The number of hydrogen-bond donors (Lipinski definition) is 1. The van der Waals surface area contributed by atoms with Gasteiger partial charge in [-0.3, -0.25) is 4.99 Å². The highest BCUT2D eigenvalue weighted by molar-refractivity contribution is 6.30. The van der Waals surface area contributed by atoms with Crippen molar-refractivity contribution in [1.29, 1.82) is 0 Å². The first-order valence-electron chi connectivity index (χ1n) is 6.61. The third-order valence-electron chi connectivity index (χ3n) is 4.02. The Labute approximate surface area is 134 Å². The molecule has 2 aromatic carbocycles. The normalized spacial score (nSPS) is 22.4. The van der Waals surface area contributed by atoms with Gasteiger partial charge in [-0.2, -0.15) is 0 Å². The van der Waals surface area contributed by atoms with E-state index in [1.165, 1.54) is 0 Å². The minimum Gasteiger partial charge on any atom is -0.363 e. The van der Waals surface area contributed by atoms with E-state index in [0.29, 0.717) is 5.02 Å². The van der Waals surface area contributed by atoms with Crippen LogP contribution in [0, 0.1) is 0 Å². The molecule has 3 nitrogen and oxygen atoms in total. The monoisotopic (exact) mass is 320 g/mol. The number of hydrogen-bond acceptors (Lipinski definition) is 3. The van der Waals surface area contributed by atoms with E-state index in [4.69, 9.17) is 11.6 Å². The predicted molar refractivity (Wildman–Crippen MR) is 86.3 cm³/mol. The van der Waals surface area contributed by atoms with Crippen LogP contribution in [0.25, 0.3) is 0 Å². The molecule has 0 aliphatic carbocycles. The summed E-state index contributed by atoms with van der Waals surface area (Å²) in [5.41, 5.74) is 1.58. The molecule has 2 heterocycles. The molecule has 0 fully saturated rings. The zero-order valence-electron chi connectivity index (χ0n) is 11.2. The fraction of sp³-hybridized carbons (Fsp3) is 0.188. The summed E-state index contributed by atoms with van der Waals surface area (Å²) in [5, 5.41) is 12.0. The number of amidine groups is 1. The van der Waals surface area contributed by atoms with Crippen molar-refractivity contribution in [2.24, 2.45) is 4.99 Å². The van der Waals surface area contributed by atoms with Gasteiger partial charge in [0, 0.05) is 28.3 Å². The Balaban J connectivity index is 0.00000132. The predicted octanol–water partition coefficient (Wildman–Crippen LogP) is 3.03. The van der Waals surface area contributed by atoms with Crippen LogP contribution < -0.4 is 0 Å². The topological polar surface area (TPSA) is 35.8 Å². The molecule has 0 radical (unpaired) electrons. The van der Waals surface area contributed by atoms with E-state index in [2.05, 4.69) is 4.99 Å². The van der Waals surface area contributed by atoms with E-state index < -0.39 is 5.72 Å². The summed E-state index contributed by atoms with van der Waals surface area (Å²) in [6.45, 7) is 1.45. The molecule has 0 saturated carbocycles. The Morgan fingerprint density at radius 3 is 2.57 bits per heavy atom. The maximum atomic E-state index is 11.4. The van der Waals surface area contributed by atoms with E-state index >= 15 is 0 Å². The van der Waals surface area contributed by atoms with Gasteiger partial charge in [-0.1, -0.05) is 48.0 Å². The molecular weight excluding hydrogens is 307 g/mol. The van der Waals surface area contributed by atoms with Crippen LogP contribution in [0.4, 0.5) is 0 Å². The van der Waals surface area contributed by atoms with Gasteiger partial charge >= 0.3 is 0 Å². The molecule has 0 saturated heterocycles. The second-order valence-corrected chi connectivity index (χ2v) is 5.52. The number of benzene rings is 2. The summed E-state index contributed by atoms with van der Waals surface area (Å²) in [4.78, 5) is 6.51. The van der Waals surface area contributed by atoms with Crippen LogP contribution in [0.5, 0.6) is 0 Å². The number of halogens is 2. The quantitative estimate of drug-likeness (QED) is 0.876. The minimum absolute atomic E-state index is 0. The smallest absolute Gasteiger partial charge is 0.193 e. The maximum Gasteiger partial charge on any atom is 0.193 e. The van der Waals surface area contributed by atoms with Crippen LogP contribution in [-0.4, -0.2) is 28.9 Å². The Hall–Kier alpha value is -1.55. The molecular formula is C16H14Cl2N2O. The molecule has 108 valence electrons. The van der Waals surface area contributed by atoms with Crippen LogP contribution in [-0.2, 0) is 5.72 Å². The number of aliphatic hydroxyl groups is 1. The Bertz CT molecular complexity index is 714. The first-order valence-corrected chi connectivity index (χ1v) is 6.99. The third-order valence-corrected chi connectivity index (χ3v) is 4.27. The van der Waals surface area contributed by atoms with E-state index in [-0.39, 0.29) is 12.4 Å². The molecule has 2 aromatic rings. The van der Waals surface area contributed by atoms with Gasteiger partial charge in [0.2, 0.25) is 0 Å². The van der Waals surface area contributed by atoms with Crippen LogP contribution in [0.3, 0.4) is 0 Å². The average molecular weight is 321 g/mol. The van der Waals surface area contributed by atoms with Crippen molar-refractivity contribution in [3.05, 3.63) is 70.2 Å². The van der Waals surface area contributed by atoms with E-state index in [9.17, 15) is 5.11 Å². The lowest BCUT2D eigenvalue weighted by atomic mass is 9.94. The van der Waals surface area contributed by atoms with Crippen LogP contribution >= 0.6 is 24.0 Å². The number of nitrogens with zero attached hydrogens (tertiary/aromatic N) is 2. The summed E-state index contributed by atoms with van der Waals surface area (Å²) >= 11 is 5.96. The van der Waals surface area contributed by atoms with Gasteiger partial charge in [-0.15, -0.1) is 12.4 Å². The second-order valence-electron chi connectivity index (χ2n) is 5.08. The highest BCUT2D eigenvalue weighted by atomic mass is 35.5. The molecule has 21 heavy (non-hydrogen) atoms. The lowest BCUT2D eigenvalue weighted by Crippen LogP contribution is -2.43. The summed E-state index contributed by atoms with van der Waals surface area (Å²) < 4.78 is 0. The van der Waals surface area contributed by atoms with Gasteiger partial charge in [0.15, 0.2) is 5.72 Å². The van der Waals surface area contributed by atoms with Crippen molar-refractivity contribution >= 4 is 29.8 Å². The summed E-state index contributed by atoms with van der Waals surface area (Å²) in [6, 6.07) is 15.3. The summed E-state index contributed by atoms with van der Waals surface area (Å²) in [7, 11) is 0. The standard InChI is InChI=1S/C16H13ClN2O.ClH/c17-12-7-5-11(6-8-12)16(20)14-4-2-1-3-13(14)15-18-9-10-19(15)16;/h1-8,20H,9-10H2;1H/t16-;/m0./s1. The van der Waals surface area contributed by atoms with Crippen LogP contribution in [0.1, 0.15) is 16.7 Å². The van der Waals surface area contributed by atoms with Crippen molar-refractivity contribution in [3.8, 4) is 0 Å². The van der Waals surface area contributed by atoms with Crippen molar-refractivity contribution in [3.63, 3.8) is 0 Å². The van der Waals surface area contributed by atoms with Crippen LogP contribution in [0.2, 0.25) is 5.02 Å². The Morgan fingerprint density at radius 2 is 1.81 bits per heavy atom. The molecule has 5 heteroatoms. The fourth-order valence-electron chi connectivity index (χ4n) is 3.11. The van der Waals surface area contributed by atoms with E-state index in [1.807, 2.05) is 53.4 Å². The van der Waals surface area contributed by atoms with Crippen LogP contribution in [0.15, 0.2) is 53.5 Å². The zero-order chi connectivity index (χ0) is 13.7. The number of rotatable bonds is 1. The minimum atomic E-state index is -1.14. The lowest BCUT2D eigenvalue weighted by Gasteiger charge is -2.33. The molecule has 0 aromatic heterocycles. The zero-order valence-corrected chi connectivity index (χ0v) is 12.7.